The van der Waals surface area contributed by atoms with Gasteiger partial charge < -0.3 is 15.5 Å². The molecule has 3 aromatic rings. The van der Waals surface area contributed by atoms with Crippen molar-refractivity contribution in [3.05, 3.63) is 81.5 Å². The lowest BCUT2D eigenvalue weighted by molar-refractivity contribution is -0.384. The van der Waals surface area contributed by atoms with Gasteiger partial charge in [-0.15, -0.1) is 0 Å². The highest BCUT2D eigenvalue weighted by Gasteiger charge is 2.24. The topological polar surface area (TPSA) is 141 Å². The van der Waals surface area contributed by atoms with E-state index in [2.05, 4.69) is 15.5 Å². The molecule has 2 unspecified atom stereocenters. The third-order valence-electron chi connectivity index (χ3n) is 4.51. The lowest BCUT2D eigenvalue weighted by Crippen LogP contribution is -2.42. The summed E-state index contributed by atoms with van der Waals surface area (Å²) < 4.78 is 0. The van der Waals surface area contributed by atoms with Gasteiger partial charge in [0.1, 0.15) is 11.8 Å². The summed E-state index contributed by atoms with van der Waals surface area (Å²) in [6, 6.07) is 13.5. The summed E-state index contributed by atoms with van der Waals surface area (Å²) >= 11 is 0. The number of amides is 1. The zero-order chi connectivity index (χ0) is 21.0. The van der Waals surface area contributed by atoms with E-state index in [9.17, 15) is 25.1 Å². The van der Waals surface area contributed by atoms with Crippen LogP contribution >= 0.6 is 0 Å². The second-order valence-electron chi connectivity index (χ2n) is 6.59. The van der Waals surface area contributed by atoms with E-state index in [-0.39, 0.29) is 11.4 Å². The fourth-order valence-corrected chi connectivity index (χ4v) is 2.81. The summed E-state index contributed by atoms with van der Waals surface area (Å²) in [5.74, 6) is -0.545. The zero-order valence-corrected chi connectivity index (χ0v) is 15.6. The van der Waals surface area contributed by atoms with Crippen LogP contribution in [0.15, 0.2) is 54.6 Å². The van der Waals surface area contributed by atoms with Crippen molar-refractivity contribution >= 4 is 11.6 Å². The number of hydrogen-bond acceptors (Lipinski definition) is 6. The molecule has 9 nitrogen and oxygen atoms in total. The predicted molar refractivity (Wildman–Crippen MR) is 105 cm³/mol. The van der Waals surface area contributed by atoms with Gasteiger partial charge in [-0.25, -0.2) is 0 Å². The maximum atomic E-state index is 12.5. The van der Waals surface area contributed by atoms with Crippen molar-refractivity contribution in [1.29, 1.82) is 0 Å². The zero-order valence-electron chi connectivity index (χ0n) is 15.6. The number of aromatic amines is 1. The van der Waals surface area contributed by atoms with Gasteiger partial charge in [-0.1, -0.05) is 29.8 Å². The number of aliphatic hydroxyl groups excluding tert-OH is 2. The van der Waals surface area contributed by atoms with Gasteiger partial charge in [0.2, 0.25) is 0 Å². The second-order valence-corrected chi connectivity index (χ2v) is 6.59. The molecule has 150 valence electrons. The summed E-state index contributed by atoms with van der Waals surface area (Å²) in [5.41, 5.74) is 2.93. The molecule has 0 fully saturated rings. The maximum absolute atomic E-state index is 12.5. The molecule has 1 amide bonds. The highest BCUT2D eigenvalue weighted by atomic mass is 16.6. The molecule has 2 aromatic carbocycles. The van der Waals surface area contributed by atoms with Gasteiger partial charge in [0, 0.05) is 17.7 Å². The Morgan fingerprint density at radius 1 is 1.21 bits per heavy atom. The number of nitrogens with zero attached hydrogens (tertiary/aromatic N) is 2. The Balaban J connectivity index is 1.71. The number of carbonyl (C=O) groups excluding carboxylic acids is 1. The van der Waals surface area contributed by atoms with Crippen molar-refractivity contribution in [3.8, 4) is 11.3 Å². The molecular weight excluding hydrogens is 376 g/mol. The first-order valence-electron chi connectivity index (χ1n) is 8.85. The first kappa shape index (κ1) is 20.2. The SMILES string of the molecule is Cc1ccc(-c2cc(C(=O)NC(CO)C(O)c3ccc([N+](=O)[O-])cc3)[nH]n2)cc1. The smallest absolute Gasteiger partial charge is 0.269 e. The average Bonchev–Trinajstić information content (AvgIpc) is 3.22. The number of nitrogens with one attached hydrogen (secondary N) is 2. The highest BCUT2D eigenvalue weighted by Crippen LogP contribution is 2.21. The van der Waals surface area contributed by atoms with Gasteiger partial charge in [-0.2, -0.15) is 5.10 Å². The quantitative estimate of drug-likeness (QED) is 0.356. The molecule has 0 aliphatic heterocycles. The van der Waals surface area contributed by atoms with Gasteiger partial charge in [0.25, 0.3) is 11.6 Å². The third kappa shape index (κ3) is 4.65. The van der Waals surface area contributed by atoms with E-state index in [0.29, 0.717) is 11.3 Å². The van der Waals surface area contributed by atoms with Crippen LogP contribution in [0.4, 0.5) is 5.69 Å². The molecule has 29 heavy (non-hydrogen) atoms. The second kappa shape index (κ2) is 8.63. The number of benzene rings is 2. The molecule has 0 aliphatic rings. The standard InChI is InChI=1S/C20H20N4O5/c1-12-2-4-13(5-3-12)16-10-17(23-22-16)20(27)21-18(11-25)19(26)14-6-8-15(9-7-14)24(28)29/h2-10,18-19,25-26H,11H2,1H3,(H,21,27)(H,22,23). The molecule has 0 radical (unpaired) electrons. The van der Waals surface area contributed by atoms with Crippen LogP contribution in [-0.4, -0.2) is 43.9 Å². The monoisotopic (exact) mass is 396 g/mol. The number of carbonyl (C=O) groups is 1. The number of aryl methyl sites for hydroxylation is 1. The average molecular weight is 396 g/mol. The molecule has 0 spiro atoms. The van der Waals surface area contributed by atoms with E-state index < -0.39 is 29.6 Å². The van der Waals surface area contributed by atoms with Crippen molar-refractivity contribution in [1.82, 2.24) is 15.5 Å². The number of H-pyrrole nitrogens is 1. The van der Waals surface area contributed by atoms with E-state index in [1.54, 1.807) is 6.07 Å². The van der Waals surface area contributed by atoms with Gasteiger partial charge in [-0.3, -0.25) is 20.0 Å². The first-order chi connectivity index (χ1) is 13.9. The Kier molecular flexibility index (Phi) is 6.01. The maximum Gasteiger partial charge on any atom is 0.269 e. The number of non-ortho nitro benzene ring substituents is 1. The van der Waals surface area contributed by atoms with E-state index >= 15 is 0 Å². The fourth-order valence-electron chi connectivity index (χ4n) is 2.81. The Hall–Kier alpha value is -3.56. The van der Waals surface area contributed by atoms with Crippen molar-refractivity contribution < 1.29 is 19.9 Å². The molecule has 9 heteroatoms. The van der Waals surface area contributed by atoms with E-state index in [1.807, 2.05) is 31.2 Å². The molecule has 0 saturated carbocycles. The van der Waals surface area contributed by atoms with E-state index in [0.717, 1.165) is 11.1 Å². The van der Waals surface area contributed by atoms with Gasteiger partial charge in [0.05, 0.1) is 23.3 Å². The highest BCUT2D eigenvalue weighted by molar-refractivity contribution is 5.93. The lowest BCUT2D eigenvalue weighted by Gasteiger charge is -2.22. The van der Waals surface area contributed by atoms with Crippen LogP contribution in [0.25, 0.3) is 11.3 Å². The lowest BCUT2D eigenvalue weighted by atomic mass is 10.0. The fraction of sp³-hybridized carbons (Fsp3) is 0.200. The molecule has 3 rings (SSSR count). The van der Waals surface area contributed by atoms with Crippen LogP contribution in [-0.2, 0) is 0 Å². The number of rotatable bonds is 7. The summed E-state index contributed by atoms with van der Waals surface area (Å²) in [5, 5.41) is 40.1. The van der Waals surface area contributed by atoms with Gasteiger partial charge in [-0.05, 0) is 30.7 Å². The van der Waals surface area contributed by atoms with E-state index in [4.69, 9.17) is 0 Å². The van der Waals surface area contributed by atoms with Crippen molar-refractivity contribution in [2.75, 3.05) is 6.61 Å². The number of nitro benzene ring substituents is 1. The Labute approximate surface area is 166 Å². The largest absolute Gasteiger partial charge is 0.394 e. The van der Waals surface area contributed by atoms with Crippen molar-refractivity contribution in [3.63, 3.8) is 0 Å². The molecule has 2 atom stereocenters. The number of aliphatic hydroxyl groups is 2. The Morgan fingerprint density at radius 3 is 2.45 bits per heavy atom. The first-order valence-corrected chi connectivity index (χ1v) is 8.85. The molecule has 1 aromatic heterocycles. The summed E-state index contributed by atoms with van der Waals surface area (Å²) in [6.07, 6.45) is -1.25. The number of nitro groups is 1. The predicted octanol–water partition coefficient (Wildman–Crippen LogP) is 2.12. The Bertz CT molecular complexity index is 998. The minimum atomic E-state index is -1.25. The molecule has 0 saturated heterocycles. The molecule has 4 N–H and O–H groups in total. The van der Waals surface area contributed by atoms with Gasteiger partial charge >= 0.3 is 0 Å². The number of hydrogen-bond donors (Lipinski definition) is 4. The van der Waals surface area contributed by atoms with Crippen LogP contribution < -0.4 is 5.32 Å². The Morgan fingerprint density at radius 2 is 1.86 bits per heavy atom. The van der Waals surface area contributed by atoms with Crippen LogP contribution in [0.3, 0.4) is 0 Å². The van der Waals surface area contributed by atoms with Crippen LogP contribution in [0, 0.1) is 17.0 Å². The van der Waals surface area contributed by atoms with Crippen LogP contribution in [0.2, 0.25) is 0 Å². The van der Waals surface area contributed by atoms with Crippen LogP contribution in [0.5, 0.6) is 0 Å². The number of aromatic nitrogens is 2. The summed E-state index contributed by atoms with van der Waals surface area (Å²) in [7, 11) is 0. The summed E-state index contributed by atoms with van der Waals surface area (Å²) in [6.45, 7) is 1.45. The molecular formula is C20H20N4O5. The minimum Gasteiger partial charge on any atom is -0.394 e. The molecule has 0 aliphatic carbocycles. The third-order valence-corrected chi connectivity index (χ3v) is 4.51. The van der Waals surface area contributed by atoms with E-state index in [1.165, 1.54) is 24.3 Å². The normalized spacial score (nSPS) is 12.9. The van der Waals surface area contributed by atoms with Crippen molar-refractivity contribution in [2.45, 2.75) is 19.1 Å². The van der Waals surface area contributed by atoms with Crippen molar-refractivity contribution in [2.24, 2.45) is 0 Å². The molecule has 1 heterocycles. The van der Waals surface area contributed by atoms with Gasteiger partial charge in [0.15, 0.2) is 0 Å². The summed E-state index contributed by atoms with van der Waals surface area (Å²) in [4.78, 5) is 22.7. The van der Waals surface area contributed by atoms with Crippen LogP contribution in [0.1, 0.15) is 27.7 Å². The minimum absolute atomic E-state index is 0.119. The molecule has 0 bridgehead atoms.